The van der Waals surface area contributed by atoms with Crippen LogP contribution in [-0.2, 0) is 0 Å². The SMILES string of the molecule is CNc1ccc(C(=O)Nc2ccc(C)nc2)nn1. The molecule has 0 radical (unpaired) electrons. The van der Waals surface area contributed by atoms with E-state index >= 15 is 0 Å². The van der Waals surface area contributed by atoms with E-state index in [1.165, 1.54) is 0 Å². The zero-order chi connectivity index (χ0) is 13.0. The van der Waals surface area contributed by atoms with E-state index in [1.54, 1.807) is 31.4 Å². The molecule has 18 heavy (non-hydrogen) atoms. The van der Waals surface area contributed by atoms with Crippen LogP contribution in [-0.4, -0.2) is 28.1 Å². The lowest BCUT2D eigenvalue weighted by Crippen LogP contribution is -2.14. The summed E-state index contributed by atoms with van der Waals surface area (Å²) in [7, 11) is 1.74. The summed E-state index contributed by atoms with van der Waals surface area (Å²) in [5.74, 6) is 0.305. The molecule has 2 N–H and O–H groups in total. The number of amides is 1. The second kappa shape index (κ2) is 5.22. The van der Waals surface area contributed by atoms with E-state index in [2.05, 4.69) is 25.8 Å². The summed E-state index contributed by atoms with van der Waals surface area (Å²) in [4.78, 5) is 15.9. The number of hydrogen-bond acceptors (Lipinski definition) is 5. The summed E-state index contributed by atoms with van der Waals surface area (Å²) in [5.41, 5.74) is 1.78. The zero-order valence-electron chi connectivity index (χ0n) is 10.1. The fourth-order valence-electron chi connectivity index (χ4n) is 1.32. The summed E-state index contributed by atoms with van der Waals surface area (Å²) in [6.45, 7) is 1.88. The van der Waals surface area contributed by atoms with E-state index in [9.17, 15) is 4.79 Å². The number of carbonyl (C=O) groups is 1. The summed E-state index contributed by atoms with van der Waals surface area (Å²) in [5, 5.41) is 13.2. The van der Waals surface area contributed by atoms with Crippen molar-refractivity contribution in [3.63, 3.8) is 0 Å². The number of anilines is 2. The summed E-state index contributed by atoms with van der Waals surface area (Å²) < 4.78 is 0. The molecule has 92 valence electrons. The molecule has 2 aromatic heterocycles. The van der Waals surface area contributed by atoms with Gasteiger partial charge in [-0.2, -0.15) is 0 Å². The zero-order valence-corrected chi connectivity index (χ0v) is 10.1. The molecule has 2 heterocycles. The van der Waals surface area contributed by atoms with Gasteiger partial charge in [0.15, 0.2) is 5.69 Å². The standard InChI is InChI=1S/C12H13N5O/c1-8-3-4-9(7-14-8)15-12(18)10-5-6-11(13-2)17-16-10/h3-7H,1-2H3,(H,13,17)(H,15,18). The Morgan fingerprint density at radius 3 is 2.56 bits per heavy atom. The maximum atomic E-state index is 11.8. The first-order chi connectivity index (χ1) is 8.69. The lowest BCUT2D eigenvalue weighted by molar-refractivity contribution is 0.102. The fourth-order valence-corrected chi connectivity index (χ4v) is 1.32. The van der Waals surface area contributed by atoms with E-state index in [0.717, 1.165) is 5.69 Å². The van der Waals surface area contributed by atoms with Gasteiger partial charge in [0, 0.05) is 12.7 Å². The topological polar surface area (TPSA) is 79.8 Å². The van der Waals surface area contributed by atoms with Crippen LogP contribution in [0.1, 0.15) is 16.2 Å². The predicted octanol–water partition coefficient (Wildman–Crippen LogP) is 1.47. The van der Waals surface area contributed by atoms with E-state index in [1.807, 2.05) is 13.0 Å². The second-order valence-corrected chi connectivity index (χ2v) is 3.70. The molecule has 0 saturated heterocycles. The molecule has 0 aromatic carbocycles. The molecule has 0 saturated carbocycles. The van der Waals surface area contributed by atoms with E-state index < -0.39 is 0 Å². The van der Waals surface area contributed by atoms with Gasteiger partial charge in [0.25, 0.3) is 5.91 Å². The van der Waals surface area contributed by atoms with Gasteiger partial charge in [-0.05, 0) is 31.2 Å². The molecule has 6 nitrogen and oxygen atoms in total. The number of nitrogens with zero attached hydrogens (tertiary/aromatic N) is 3. The molecule has 6 heteroatoms. The number of rotatable bonds is 3. The Hall–Kier alpha value is -2.50. The predicted molar refractivity (Wildman–Crippen MR) is 68.5 cm³/mol. The smallest absolute Gasteiger partial charge is 0.276 e. The van der Waals surface area contributed by atoms with Gasteiger partial charge < -0.3 is 10.6 Å². The van der Waals surface area contributed by atoms with Crippen LogP contribution in [0.3, 0.4) is 0 Å². The highest BCUT2D eigenvalue weighted by atomic mass is 16.1. The molecule has 0 aliphatic heterocycles. The Labute approximate surface area is 104 Å². The van der Waals surface area contributed by atoms with Crippen LogP contribution in [0.25, 0.3) is 0 Å². The van der Waals surface area contributed by atoms with Crippen molar-refractivity contribution < 1.29 is 4.79 Å². The van der Waals surface area contributed by atoms with Crippen molar-refractivity contribution in [3.05, 3.63) is 41.9 Å². The Kier molecular flexibility index (Phi) is 3.47. The lowest BCUT2D eigenvalue weighted by Gasteiger charge is -2.04. The molecule has 0 aliphatic rings. The minimum absolute atomic E-state index is 0.259. The van der Waals surface area contributed by atoms with Crippen LogP contribution in [0, 0.1) is 6.92 Å². The number of hydrogen-bond donors (Lipinski definition) is 2. The maximum Gasteiger partial charge on any atom is 0.276 e. The monoisotopic (exact) mass is 243 g/mol. The van der Waals surface area contributed by atoms with Gasteiger partial charge in [-0.3, -0.25) is 9.78 Å². The summed E-state index contributed by atoms with van der Waals surface area (Å²) in [6, 6.07) is 6.91. The highest BCUT2D eigenvalue weighted by molar-refractivity contribution is 6.02. The van der Waals surface area contributed by atoms with Crippen molar-refractivity contribution in [3.8, 4) is 0 Å². The van der Waals surface area contributed by atoms with Crippen LogP contribution in [0.15, 0.2) is 30.5 Å². The van der Waals surface area contributed by atoms with Crippen LogP contribution in [0.5, 0.6) is 0 Å². The normalized spacial score (nSPS) is 9.89. The molecule has 0 unspecified atom stereocenters. The largest absolute Gasteiger partial charge is 0.372 e. The molecule has 2 rings (SSSR count). The van der Waals surface area contributed by atoms with Crippen molar-refractivity contribution >= 4 is 17.4 Å². The van der Waals surface area contributed by atoms with Gasteiger partial charge in [-0.25, -0.2) is 0 Å². The Balaban J connectivity index is 2.09. The van der Waals surface area contributed by atoms with E-state index in [4.69, 9.17) is 0 Å². The van der Waals surface area contributed by atoms with Gasteiger partial charge in [0.2, 0.25) is 0 Å². The van der Waals surface area contributed by atoms with Gasteiger partial charge >= 0.3 is 0 Å². The average Bonchev–Trinajstić information content (AvgIpc) is 2.41. The summed E-state index contributed by atoms with van der Waals surface area (Å²) in [6.07, 6.45) is 1.60. The van der Waals surface area contributed by atoms with Crippen molar-refractivity contribution in [2.24, 2.45) is 0 Å². The quantitative estimate of drug-likeness (QED) is 0.853. The first-order valence-corrected chi connectivity index (χ1v) is 5.44. The third kappa shape index (κ3) is 2.79. The van der Waals surface area contributed by atoms with Crippen molar-refractivity contribution in [2.45, 2.75) is 6.92 Å². The molecule has 0 spiro atoms. The third-order valence-corrected chi connectivity index (χ3v) is 2.32. The van der Waals surface area contributed by atoms with Crippen molar-refractivity contribution in [1.29, 1.82) is 0 Å². The van der Waals surface area contributed by atoms with E-state index in [-0.39, 0.29) is 11.6 Å². The van der Waals surface area contributed by atoms with Crippen molar-refractivity contribution in [1.82, 2.24) is 15.2 Å². The molecule has 2 aromatic rings. The van der Waals surface area contributed by atoms with Crippen LogP contribution < -0.4 is 10.6 Å². The van der Waals surface area contributed by atoms with Crippen LogP contribution in [0.4, 0.5) is 11.5 Å². The van der Waals surface area contributed by atoms with Crippen molar-refractivity contribution in [2.75, 3.05) is 17.7 Å². The fraction of sp³-hybridized carbons (Fsp3) is 0.167. The Bertz CT molecular complexity index is 535. The molecule has 1 amide bonds. The molecule has 0 aliphatic carbocycles. The Morgan fingerprint density at radius 2 is 2.00 bits per heavy atom. The first-order valence-electron chi connectivity index (χ1n) is 5.44. The first kappa shape index (κ1) is 12.0. The van der Waals surface area contributed by atoms with E-state index in [0.29, 0.717) is 11.5 Å². The van der Waals surface area contributed by atoms with Gasteiger partial charge in [-0.15, -0.1) is 10.2 Å². The Morgan fingerprint density at radius 1 is 1.17 bits per heavy atom. The minimum Gasteiger partial charge on any atom is -0.372 e. The average molecular weight is 243 g/mol. The minimum atomic E-state index is -0.309. The van der Waals surface area contributed by atoms with Gasteiger partial charge in [0.05, 0.1) is 11.9 Å². The second-order valence-electron chi connectivity index (χ2n) is 3.70. The highest BCUT2D eigenvalue weighted by Crippen LogP contribution is 2.08. The number of aromatic nitrogens is 3. The summed E-state index contributed by atoms with van der Waals surface area (Å²) >= 11 is 0. The molecule has 0 fully saturated rings. The van der Waals surface area contributed by atoms with Crippen LogP contribution >= 0.6 is 0 Å². The lowest BCUT2D eigenvalue weighted by atomic mass is 10.3. The molecule has 0 bridgehead atoms. The number of carbonyl (C=O) groups excluding carboxylic acids is 1. The number of pyridine rings is 1. The molecular formula is C12H13N5O. The number of nitrogens with one attached hydrogen (secondary N) is 2. The van der Waals surface area contributed by atoms with Gasteiger partial charge in [-0.1, -0.05) is 0 Å². The molecule has 0 atom stereocenters. The molecular weight excluding hydrogens is 230 g/mol. The third-order valence-electron chi connectivity index (χ3n) is 2.32. The maximum absolute atomic E-state index is 11.8. The highest BCUT2D eigenvalue weighted by Gasteiger charge is 2.08. The van der Waals surface area contributed by atoms with Gasteiger partial charge in [0.1, 0.15) is 5.82 Å². The van der Waals surface area contributed by atoms with Crippen LogP contribution in [0.2, 0.25) is 0 Å². The number of aryl methyl sites for hydroxylation is 1.